The molecule has 1 unspecified atom stereocenters. The van der Waals surface area contributed by atoms with Crippen LogP contribution in [0, 0.1) is 0 Å². The largest absolute Gasteiger partial charge is 0.410 e. The lowest BCUT2D eigenvalue weighted by atomic mass is 10.3. The van der Waals surface area contributed by atoms with Crippen molar-refractivity contribution in [2.45, 2.75) is 26.4 Å². The molecule has 0 fully saturated rings. The second kappa shape index (κ2) is 7.98. The van der Waals surface area contributed by atoms with Gasteiger partial charge in [-0.05, 0) is 13.3 Å². The summed E-state index contributed by atoms with van der Waals surface area (Å²) >= 11 is 0. The maximum atomic E-state index is 5.38. The van der Waals surface area contributed by atoms with Crippen LogP contribution in [0.4, 0.5) is 0 Å². The number of rotatable bonds is 7. The molecule has 1 atom stereocenters. The van der Waals surface area contributed by atoms with Crippen LogP contribution in [-0.4, -0.2) is 29.1 Å². The van der Waals surface area contributed by atoms with Gasteiger partial charge in [0.1, 0.15) is 0 Å². The molecule has 0 rings (SSSR count). The van der Waals surface area contributed by atoms with Crippen molar-refractivity contribution in [2.75, 3.05) is 13.2 Å². The minimum absolute atomic E-state index is 0.352. The van der Waals surface area contributed by atoms with Gasteiger partial charge in [0.2, 0.25) is 0 Å². The fourth-order valence-corrected chi connectivity index (χ4v) is 0.846. The Hall–Kier alpha value is -0.123. The minimum atomic E-state index is 0.352. The molecule has 3 heteroatoms. The molecule has 0 amide bonds. The molecule has 11 heavy (non-hydrogen) atoms. The Morgan fingerprint density at radius 3 is 2.82 bits per heavy atom. The van der Waals surface area contributed by atoms with Crippen LogP contribution in [0.3, 0.4) is 0 Å². The maximum absolute atomic E-state index is 5.38. The second-order valence-corrected chi connectivity index (χ2v) is 3.19. The zero-order valence-electron chi connectivity index (χ0n) is 7.30. The highest BCUT2D eigenvalue weighted by Crippen LogP contribution is 1.94. The first-order chi connectivity index (χ1) is 5.31. The summed E-state index contributed by atoms with van der Waals surface area (Å²) in [6.45, 7) is 9.10. The van der Waals surface area contributed by atoms with Crippen molar-refractivity contribution in [1.82, 2.24) is 0 Å². The highest BCUT2D eigenvalue weighted by molar-refractivity contribution is 6.33. The van der Waals surface area contributed by atoms with E-state index in [0.29, 0.717) is 29.1 Å². The van der Waals surface area contributed by atoms with Gasteiger partial charge < -0.3 is 9.16 Å². The van der Waals surface area contributed by atoms with Crippen LogP contribution in [0.1, 0.15) is 20.3 Å². The van der Waals surface area contributed by atoms with E-state index in [0.717, 1.165) is 6.42 Å². The second-order valence-electron chi connectivity index (χ2n) is 2.26. The van der Waals surface area contributed by atoms with Gasteiger partial charge in [0.15, 0.2) is 0 Å². The van der Waals surface area contributed by atoms with E-state index in [1.807, 2.05) is 0 Å². The van der Waals surface area contributed by atoms with E-state index >= 15 is 0 Å². The van der Waals surface area contributed by atoms with E-state index < -0.39 is 0 Å². The quantitative estimate of drug-likeness (QED) is 0.429. The highest BCUT2D eigenvalue weighted by Gasteiger charge is 1.96. The van der Waals surface area contributed by atoms with Gasteiger partial charge in [0.05, 0.1) is 19.3 Å². The van der Waals surface area contributed by atoms with E-state index in [1.165, 1.54) is 0 Å². The first-order valence-corrected chi connectivity index (χ1v) is 4.89. The average Bonchev–Trinajstić information content (AvgIpc) is 2.04. The van der Waals surface area contributed by atoms with Crippen molar-refractivity contribution in [3.8, 4) is 0 Å². The zero-order chi connectivity index (χ0) is 8.53. The molecule has 2 radical (unpaired) electrons. The lowest BCUT2D eigenvalue weighted by molar-refractivity contribution is 0.0437. The Kier molecular flexibility index (Phi) is 7.89. The van der Waals surface area contributed by atoms with Gasteiger partial charge in [-0.15, -0.1) is 6.58 Å². The topological polar surface area (TPSA) is 18.5 Å². The standard InChI is InChI=1S/C8H16O2Si/c1-4-8(3)9-6-7-10-11-5-2/h5,8H,2,4,6-7H2,1,3H3. The minimum Gasteiger partial charge on any atom is -0.410 e. The summed E-state index contributed by atoms with van der Waals surface area (Å²) in [5.41, 5.74) is 1.77. The van der Waals surface area contributed by atoms with Gasteiger partial charge in [0.25, 0.3) is 9.76 Å². The predicted molar refractivity (Wildman–Crippen MR) is 47.6 cm³/mol. The van der Waals surface area contributed by atoms with Gasteiger partial charge in [-0.3, -0.25) is 0 Å². The Morgan fingerprint density at radius 1 is 1.55 bits per heavy atom. The van der Waals surface area contributed by atoms with Gasteiger partial charge in [0, 0.05) is 0 Å². The van der Waals surface area contributed by atoms with Crippen LogP contribution in [0.2, 0.25) is 0 Å². The average molecular weight is 172 g/mol. The first-order valence-electron chi connectivity index (χ1n) is 3.91. The SMILES string of the molecule is C=C[Si]OCCOC(C)CC. The molecule has 64 valence electrons. The van der Waals surface area contributed by atoms with Crippen molar-refractivity contribution in [2.24, 2.45) is 0 Å². The fraction of sp³-hybridized carbons (Fsp3) is 0.750. The lowest BCUT2D eigenvalue weighted by Crippen LogP contribution is -2.12. The van der Waals surface area contributed by atoms with Gasteiger partial charge in [-0.2, -0.15) is 0 Å². The third kappa shape index (κ3) is 7.78. The maximum Gasteiger partial charge on any atom is 0.260 e. The summed E-state index contributed by atoms with van der Waals surface area (Å²) in [6.07, 6.45) is 1.41. The van der Waals surface area contributed by atoms with Crippen molar-refractivity contribution >= 4 is 9.76 Å². The van der Waals surface area contributed by atoms with Crippen molar-refractivity contribution in [1.29, 1.82) is 0 Å². The van der Waals surface area contributed by atoms with Gasteiger partial charge in [-0.1, -0.05) is 12.6 Å². The van der Waals surface area contributed by atoms with Crippen LogP contribution in [0.25, 0.3) is 0 Å². The number of hydrogen-bond acceptors (Lipinski definition) is 2. The molecule has 0 N–H and O–H groups in total. The number of hydrogen-bond donors (Lipinski definition) is 0. The van der Waals surface area contributed by atoms with E-state index in [-0.39, 0.29) is 0 Å². The highest BCUT2D eigenvalue weighted by atomic mass is 28.2. The van der Waals surface area contributed by atoms with Crippen molar-refractivity contribution in [3.63, 3.8) is 0 Å². The van der Waals surface area contributed by atoms with Crippen LogP contribution < -0.4 is 0 Å². The summed E-state index contributed by atoms with van der Waals surface area (Å²) < 4.78 is 10.5. The predicted octanol–water partition coefficient (Wildman–Crippen LogP) is 1.58. The molecule has 2 nitrogen and oxygen atoms in total. The lowest BCUT2D eigenvalue weighted by Gasteiger charge is -2.09. The Bertz CT molecular complexity index is 96.1. The Labute approximate surface area is 71.5 Å². The molecule has 0 saturated heterocycles. The van der Waals surface area contributed by atoms with Crippen molar-refractivity contribution < 1.29 is 9.16 Å². The molecule has 0 aliphatic carbocycles. The van der Waals surface area contributed by atoms with Crippen LogP contribution >= 0.6 is 0 Å². The molecule has 0 saturated carbocycles. The molecule has 0 spiro atoms. The van der Waals surface area contributed by atoms with E-state index in [4.69, 9.17) is 9.16 Å². The molecular formula is C8H16O2Si. The van der Waals surface area contributed by atoms with Gasteiger partial charge >= 0.3 is 0 Å². The molecule has 0 aliphatic rings. The van der Waals surface area contributed by atoms with Crippen LogP contribution in [-0.2, 0) is 9.16 Å². The van der Waals surface area contributed by atoms with Crippen LogP contribution in [0.15, 0.2) is 12.3 Å². The summed E-state index contributed by atoms with van der Waals surface area (Å²) in [5.74, 6) is 0. The molecule has 0 aliphatic heterocycles. The van der Waals surface area contributed by atoms with Gasteiger partial charge in [-0.25, -0.2) is 0 Å². The van der Waals surface area contributed by atoms with E-state index in [9.17, 15) is 0 Å². The molecular weight excluding hydrogens is 156 g/mol. The van der Waals surface area contributed by atoms with E-state index in [2.05, 4.69) is 20.4 Å². The smallest absolute Gasteiger partial charge is 0.260 e. The summed E-state index contributed by atoms with van der Waals surface area (Å²) in [7, 11) is 0.403. The fourth-order valence-electron chi connectivity index (χ4n) is 0.527. The summed E-state index contributed by atoms with van der Waals surface area (Å²) in [5, 5.41) is 0. The van der Waals surface area contributed by atoms with Crippen LogP contribution in [0.5, 0.6) is 0 Å². The molecule has 0 aromatic heterocycles. The van der Waals surface area contributed by atoms with Crippen molar-refractivity contribution in [3.05, 3.63) is 12.3 Å². The van der Waals surface area contributed by atoms with E-state index in [1.54, 1.807) is 5.70 Å². The monoisotopic (exact) mass is 172 g/mol. The normalized spacial score (nSPS) is 12.9. The third-order valence-electron chi connectivity index (χ3n) is 1.33. The zero-order valence-corrected chi connectivity index (χ0v) is 8.30. The summed E-state index contributed by atoms with van der Waals surface area (Å²) in [4.78, 5) is 0. The first kappa shape index (κ1) is 10.9. The molecule has 0 aromatic rings. The number of ether oxygens (including phenoxy) is 1. The summed E-state index contributed by atoms with van der Waals surface area (Å²) in [6, 6.07) is 0. The third-order valence-corrected chi connectivity index (χ3v) is 1.87. The Morgan fingerprint density at radius 2 is 2.27 bits per heavy atom. The molecule has 0 heterocycles. The molecule has 0 bridgehead atoms. The molecule has 0 aromatic carbocycles. The Balaban J connectivity index is 2.95.